The molecule has 3 N–H and O–H groups in total. The standard InChI is InChI=1S/C10H21NO2/c1-3-5-7-8(6-4-2)9(11)10(12)13/h8-9H,3-7,11H2,1-2H3,(H,12,13)/t8-,9-/m0/s1. The molecule has 3 heteroatoms. The normalized spacial score (nSPS) is 15.3. The fourth-order valence-corrected chi connectivity index (χ4v) is 1.54. The van der Waals surface area contributed by atoms with E-state index < -0.39 is 12.0 Å². The van der Waals surface area contributed by atoms with Gasteiger partial charge in [-0.1, -0.05) is 33.1 Å². The lowest BCUT2D eigenvalue weighted by atomic mass is 9.90. The molecule has 0 radical (unpaired) electrons. The quantitative estimate of drug-likeness (QED) is 0.640. The highest BCUT2D eigenvalue weighted by Gasteiger charge is 2.22. The van der Waals surface area contributed by atoms with Gasteiger partial charge in [-0.3, -0.25) is 4.79 Å². The molecule has 0 aromatic carbocycles. The van der Waals surface area contributed by atoms with E-state index in [1.54, 1.807) is 0 Å². The minimum Gasteiger partial charge on any atom is -0.480 e. The molecule has 0 aromatic heterocycles. The van der Waals surface area contributed by atoms with Crippen molar-refractivity contribution in [3.63, 3.8) is 0 Å². The largest absolute Gasteiger partial charge is 0.480 e. The van der Waals surface area contributed by atoms with Gasteiger partial charge >= 0.3 is 5.97 Å². The van der Waals surface area contributed by atoms with Gasteiger partial charge in [0.15, 0.2) is 0 Å². The van der Waals surface area contributed by atoms with Gasteiger partial charge in [0.1, 0.15) is 6.04 Å². The molecule has 13 heavy (non-hydrogen) atoms. The fourth-order valence-electron chi connectivity index (χ4n) is 1.54. The maximum atomic E-state index is 10.7. The first kappa shape index (κ1) is 12.4. The number of aliphatic carboxylic acids is 1. The third-order valence-electron chi connectivity index (χ3n) is 2.38. The average Bonchev–Trinajstić information content (AvgIpc) is 2.11. The lowest BCUT2D eigenvalue weighted by Gasteiger charge is -2.19. The maximum absolute atomic E-state index is 10.7. The summed E-state index contributed by atoms with van der Waals surface area (Å²) in [5.74, 6) is -0.711. The van der Waals surface area contributed by atoms with Gasteiger partial charge in [0.05, 0.1) is 0 Å². The molecule has 0 spiro atoms. The van der Waals surface area contributed by atoms with Crippen LogP contribution < -0.4 is 5.73 Å². The predicted octanol–water partition coefficient (Wildman–Crippen LogP) is 2.00. The summed E-state index contributed by atoms with van der Waals surface area (Å²) in [7, 11) is 0. The molecule has 0 heterocycles. The third kappa shape index (κ3) is 4.88. The van der Waals surface area contributed by atoms with Gasteiger partial charge in [-0.15, -0.1) is 0 Å². The van der Waals surface area contributed by atoms with Gasteiger partial charge in [-0.2, -0.15) is 0 Å². The average molecular weight is 187 g/mol. The van der Waals surface area contributed by atoms with Gasteiger partial charge in [0.25, 0.3) is 0 Å². The lowest BCUT2D eigenvalue weighted by Crippen LogP contribution is -2.37. The van der Waals surface area contributed by atoms with Gasteiger partial charge in [0.2, 0.25) is 0 Å². The Hall–Kier alpha value is -0.570. The summed E-state index contributed by atoms with van der Waals surface area (Å²) in [6.07, 6.45) is 5.05. The van der Waals surface area contributed by atoms with Crippen molar-refractivity contribution >= 4 is 5.97 Å². The van der Waals surface area contributed by atoms with Crippen LogP contribution in [0.4, 0.5) is 0 Å². The van der Waals surface area contributed by atoms with E-state index in [-0.39, 0.29) is 5.92 Å². The van der Waals surface area contributed by atoms with Crippen LogP contribution >= 0.6 is 0 Å². The summed E-state index contributed by atoms with van der Waals surface area (Å²) in [5, 5.41) is 8.75. The molecule has 78 valence electrons. The Morgan fingerprint density at radius 1 is 1.31 bits per heavy atom. The van der Waals surface area contributed by atoms with Crippen LogP contribution in [-0.2, 0) is 4.79 Å². The van der Waals surface area contributed by atoms with Crippen molar-refractivity contribution in [3.05, 3.63) is 0 Å². The number of unbranched alkanes of at least 4 members (excludes halogenated alkanes) is 1. The monoisotopic (exact) mass is 187 g/mol. The molecule has 3 nitrogen and oxygen atoms in total. The molecule has 0 saturated carbocycles. The highest BCUT2D eigenvalue weighted by molar-refractivity contribution is 5.73. The van der Waals surface area contributed by atoms with Crippen LogP contribution in [0.3, 0.4) is 0 Å². The van der Waals surface area contributed by atoms with Crippen molar-refractivity contribution in [2.75, 3.05) is 0 Å². The Morgan fingerprint density at radius 2 is 1.92 bits per heavy atom. The number of nitrogens with two attached hydrogens (primary N) is 1. The molecule has 0 fully saturated rings. The van der Waals surface area contributed by atoms with E-state index in [1.165, 1.54) is 0 Å². The molecule has 0 aliphatic heterocycles. The summed E-state index contributed by atoms with van der Waals surface area (Å²) < 4.78 is 0. The maximum Gasteiger partial charge on any atom is 0.320 e. The molecular formula is C10H21NO2. The first-order valence-electron chi connectivity index (χ1n) is 5.11. The van der Waals surface area contributed by atoms with Crippen molar-refractivity contribution in [1.82, 2.24) is 0 Å². The van der Waals surface area contributed by atoms with Gasteiger partial charge in [-0.25, -0.2) is 0 Å². The molecule has 0 aliphatic carbocycles. The van der Waals surface area contributed by atoms with Crippen LogP contribution in [0.25, 0.3) is 0 Å². The smallest absolute Gasteiger partial charge is 0.320 e. The van der Waals surface area contributed by atoms with Crippen molar-refractivity contribution < 1.29 is 9.90 Å². The molecule has 0 aromatic rings. The molecule has 2 atom stereocenters. The number of carboxylic acids is 1. The molecule has 0 rings (SSSR count). The first-order chi connectivity index (χ1) is 6.13. The molecule has 0 bridgehead atoms. The second-order valence-corrected chi connectivity index (χ2v) is 3.56. The molecule has 0 unspecified atom stereocenters. The third-order valence-corrected chi connectivity index (χ3v) is 2.38. The Labute approximate surface area is 80.3 Å². The van der Waals surface area contributed by atoms with Crippen LogP contribution in [0.5, 0.6) is 0 Å². The SMILES string of the molecule is CCCC[C@H](CCC)[C@H](N)C(=O)O. The van der Waals surface area contributed by atoms with Crippen LogP contribution in [0.15, 0.2) is 0 Å². The Balaban J connectivity index is 3.98. The molecular weight excluding hydrogens is 166 g/mol. The number of carbonyl (C=O) groups is 1. The van der Waals surface area contributed by atoms with E-state index >= 15 is 0 Å². The summed E-state index contributed by atoms with van der Waals surface area (Å²) in [5.41, 5.74) is 5.59. The lowest BCUT2D eigenvalue weighted by molar-refractivity contribution is -0.140. The second-order valence-electron chi connectivity index (χ2n) is 3.56. The number of hydrogen-bond acceptors (Lipinski definition) is 2. The predicted molar refractivity (Wildman–Crippen MR) is 53.5 cm³/mol. The van der Waals surface area contributed by atoms with E-state index in [2.05, 4.69) is 13.8 Å². The van der Waals surface area contributed by atoms with Gasteiger partial charge in [0, 0.05) is 0 Å². The first-order valence-corrected chi connectivity index (χ1v) is 5.11. The Morgan fingerprint density at radius 3 is 2.31 bits per heavy atom. The van der Waals surface area contributed by atoms with Crippen LogP contribution in [0.1, 0.15) is 46.0 Å². The summed E-state index contributed by atoms with van der Waals surface area (Å²) in [6.45, 7) is 4.17. The molecule has 0 aliphatic rings. The van der Waals surface area contributed by atoms with E-state index in [0.717, 1.165) is 32.1 Å². The van der Waals surface area contributed by atoms with E-state index in [9.17, 15) is 4.79 Å². The summed E-state index contributed by atoms with van der Waals surface area (Å²) >= 11 is 0. The summed E-state index contributed by atoms with van der Waals surface area (Å²) in [4.78, 5) is 10.7. The highest BCUT2D eigenvalue weighted by Crippen LogP contribution is 2.17. The van der Waals surface area contributed by atoms with Crippen molar-refractivity contribution in [3.8, 4) is 0 Å². The van der Waals surface area contributed by atoms with E-state index in [1.807, 2.05) is 0 Å². The van der Waals surface area contributed by atoms with E-state index in [0.29, 0.717) is 0 Å². The number of hydrogen-bond donors (Lipinski definition) is 2. The second kappa shape index (κ2) is 6.89. The zero-order valence-corrected chi connectivity index (χ0v) is 8.62. The summed E-state index contributed by atoms with van der Waals surface area (Å²) in [6, 6.07) is -0.675. The van der Waals surface area contributed by atoms with Gasteiger partial charge in [-0.05, 0) is 18.8 Å². The van der Waals surface area contributed by atoms with Crippen LogP contribution in [0, 0.1) is 5.92 Å². The van der Waals surface area contributed by atoms with Crippen LogP contribution in [0.2, 0.25) is 0 Å². The van der Waals surface area contributed by atoms with Crippen molar-refractivity contribution in [2.24, 2.45) is 11.7 Å². The zero-order chi connectivity index (χ0) is 10.3. The van der Waals surface area contributed by atoms with Crippen LogP contribution in [-0.4, -0.2) is 17.1 Å². The Bertz CT molecular complexity index is 148. The number of rotatable bonds is 7. The zero-order valence-electron chi connectivity index (χ0n) is 8.62. The highest BCUT2D eigenvalue weighted by atomic mass is 16.4. The molecule has 0 saturated heterocycles. The minimum atomic E-state index is -0.866. The fraction of sp³-hybridized carbons (Fsp3) is 0.900. The van der Waals surface area contributed by atoms with E-state index in [4.69, 9.17) is 10.8 Å². The van der Waals surface area contributed by atoms with Crippen molar-refractivity contribution in [2.45, 2.75) is 52.0 Å². The Kier molecular flexibility index (Phi) is 6.59. The molecule has 0 amide bonds. The van der Waals surface area contributed by atoms with Gasteiger partial charge < -0.3 is 10.8 Å². The van der Waals surface area contributed by atoms with Crippen molar-refractivity contribution in [1.29, 1.82) is 0 Å². The topological polar surface area (TPSA) is 63.3 Å². The minimum absolute atomic E-state index is 0.155. The number of carboxylic acid groups (broad SMARTS) is 1.